The largest absolute Gasteiger partial charge is 0.350 e. The summed E-state index contributed by atoms with van der Waals surface area (Å²) in [6, 6.07) is 12.0. The maximum absolute atomic E-state index is 12.5. The molecular weight excluding hydrogens is 392 g/mol. The molecule has 2 rings (SSSR count). The van der Waals surface area contributed by atoms with Crippen molar-refractivity contribution in [2.24, 2.45) is 0 Å². The normalized spacial score (nSPS) is 11.7. The van der Waals surface area contributed by atoms with Crippen LogP contribution in [0.15, 0.2) is 46.9 Å². The van der Waals surface area contributed by atoms with E-state index in [-0.39, 0.29) is 17.9 Å². The Balaban J connectivity index is 2.25. The van der Waals surface area contributed by atoms with Crippen molar-refractivity contribution >= 4 is 45.0 Å². The van der Waals surface area contributed by atoms with Crippen LogP contribution in [0.4, 0.5) is 5.69 Å². The number of carbonyl (C=O) groups is 2. The van der Waals surface area contributed by atoms with Crippen molar-refractivity contribution in [3.63, 3.8) is 0 Å². The fourth-order valence-electron chi connectivity index (χ4n) is 2.05. The minimum absolute atomic E-state index is 0.0563. The van der Waals surface area contributed by atoms with E-state index in [1.54, 1.807) is 42.5 Å². The minimum Gasteiger partial charge on any atom is -0.350 e. The van der Waals surface area contributed by atoms with Crippen LogP contribution in [0, 0.1) is 0 Å². The lowest BCUT2D eigenvalue weighted by molar-refractivity contribution is 0.0940. The van der Waals surface area contributed by atoms with Gasteiger partial charge in [-0.3, -0.25) is 9.59 Å². The number of hydrogen-bond acceptors (Lipinski definition) is 2. The first-order valence-corrected chi connectivity index (χ1v) is 8.75. The summed E-state index contributed by atoms with van der Waals surface area (Å²) in [4.78, 5) is 24.9. The predicted molar refractivity (Wildman–Crippen MR) is 101 cm³/mol. The predicted octanol–water partition coefficient (Wildman–Crippen LogP) is 4.88. The van der Waals surface area contributed by atoms with Crippen LogP contribution in [0.5, 0.6) is 0 Å². The van der Waals surface area contributed by atoms with Crippen LogP contribution in [0.1, 0.15) is 41.0 Å². The van der Waals surface area contributed by atoms with E-state index < -0.39 is 0 Å². The Kier molecular flexibility index (Phi) is 6.40. The van der Waals surface area contributed by atoms with Crippen molar-refractivity contribution in [2.75, 3.05) is 5.32 Å². The monoisotopic (exact) mass is 408 g/mol. The van der Waals surface area contributed by atoms with E-state index in [4.69, 9.17) is 11.6 Å². The molecule has 0 unspecified atom stereocenters. The highest BCUT2D eigenvalue weighted by molar-refractivity contribution is 9.10. The molecule has 0 radical (unpaired) electrons. The van der Waals surface area contributed by atoms with Gasteiger partial charge in [0.2, 0.25) is 0 Å². The third-order valence-electron chi connectivity index (χ3n) is 3.58. The van der Waals surface area contributed by atoms with E-state index in [0.717, 1.165) is 10.9 Å². The average molecular weight is 410 g/mol. The summed E-state index contributed by atoms with van der Waals surface area (Å²) in [5.74, 6) is -0.592. The fraction of sp³-hybridized carbons (Fsp3) is 0.222. The number of halogens is 2. The molecule has 0 bridgehead atoms. The second-order valence-corrected chi connectivity index (χ2v) is 6.73. The quantitative estimate of drug-likeness (QED) is 0.739. The van der Waals surface area contributed by atoms with Crippen molar-refractivity contribution in [1.82, 2.24) is 5.32 Å². The summed E-state index contributed by atoms with van der Waals surface area (Å²) >= 11 is 9.41. The molecule has 2 aromatic carbocycles. The molecule has 0 saturated carbocycles. The number of carbonyl (C=O) groups excluding carboxylic acids is 2. The number of benzene rings is 2. The second-order valence-electron chi connectivity index (χ2n) is 5.41. The molecule has 24 heavy (non-hydrogen) atoms. The van der Waals surface area contributed by atoms with Gasteiger partial charge in [0.1, 0.15) is 0 Å². The lowest BCUT2D eigenvalue weighted by Gasteiger charge is -2.15. The Labute approximate surface area is 154 Å². The molecule has 0 aromatic heterocycles. The lowest BCUT2D eigenvalue weighted by Crippen LogP contribution is -2.32. The number of hydrogen-bond donors (Lipinski definition) is 2. The number of amides is 2. The average Bonchev–Trinajstić information content (AvgIpc) is 2.57. The standard InChI is InChI=1S/C18H18BrClN2O2/c1-3-11(2)21-17(23)13-6-4-5-7-16(13)22-18(24)14-10-12(19)8-9-15(14)20/h4-11H,3H2,1-2H3,(H,21,23)(H,22,24)/t11-/m1/s1. The highest BCUT2D eigenvalue weighted by Crippen LogP contribution is 2.23. The maximum atomic E-state index is 12.5. The van der Waals surface area contributed by atoms with Crippen LogP contribution in [-0.4, -0.2) is 17.9 Å². The molecule has 0 aliphatic carbocycles. The summed E-state index contributed by atoms with van der Waals surface area (Å²) in [7, 11) is 0. The minimum atomic E-state index is -0.370. The Bertz CT molecular complexity index is 764. The number of nitrogens with one attached hydrogen (secondary N) is 2. The van der Waals surface area contributed by atoms with Crippen molar-refractivity contribution in [2.45, 2.75) is 26.3 Å². The van der Waals surface area contributed by atoms with Gasteiger partial charge in [0, 0.05) is 10.5 Å². The van der Waals surface area contributed by atoms with Gasteiger partial charge < -0.3 is 10.6 Å². The van der Waals surface area contributed by atoms with Gasteiger partial charge in [0.05, 0.1) is 21.8 Å². The Morgan fingerprint density at radius 1 is 1.12 bits per heavy atom. The van der Waals surface area contributed by atoms with Crippen molar-refractivity contribution in [1.29, 1.82) is 0 Å². The van der Waals surface area contributed by atoms with Gasteiger partial charge in [-0.25, -0.2) is 0 Å². The highest BCUT2D eigenvalue weighted by Gasteiger charge is 2.17. The zero-order chi connectivity index (χ0) is 17.7. The molecule has 2 amide bonds. The molecule has 1 atom stereocenters. The number of para-hydroxylation sites is 1. The van der Waals surface area contributed by atoms with E-state index in [9.17, 15) is 9.59 Å². The van der Waals surface area contributed by atoms with Gasteiger partial charge in [-0.1, -0.05) is 46.6 Å². The first kappa shape index (κ1) is 18.5. The molecule has 4 nitrogen and oxygen atoms in total. The summed E-state index contributed by atoms with van der Waals surface area (Å²) in [5.41, 5.74) is 1.19. The lowest BCUT2D eigenvalue weighted by atomic mass is 10.1. The second kappa shape index (κ2) is 8.31. The van der Waals surface area contributed by atoms with E-state index in [2.05, 4.69) is 26.6 Å². The van der Waals surface area contributed by atoms with Crippen LogP contribution in [-0.2, 0) is 0 Å². The molecule has 0 heterocycles. The van der Waals surface area contributed by atoms with Gasteiger partial charge in [-0.15, -0.1) is 0 Å². The van der Waals surface area contributed by atoms with Crippen molar-refractivity contribution in [3.05, 3.63) is 63.1 Å². The molecule has 126 valence electrons. The molecule has 2 N–H and O–H groups in total. The van der Waals surface area contributed by atoms with E-state index in [1.807, 2.05) is 13.8 Å². The third-order valence-corrected chi connectivity index (χ3v) is 4.41. The van der Waals surface area contributed by atoms with Crippen molar-refractivity contribution < 1.29 is 9.59 Å². The number of anilines is 1. The smallest absolute Gasteiger partial charge is 0.257 e. The Morgan fingerprint density at radius 3 is 2.54 bits per heavy atom. The molecule has 0 spiro atoms. The molecule has 2 aromatic rings. The maximum Gasteiger partial charge on any atom is 0.257 e. The van der Waals surface area contributed by atoms with Crippen molar-refractivity contribution in [3.8, 4) is 0 Å². The molecule has 0 aliphatic heterocycles. The highest BCUT2D eigenvalue weighted by atomic mass is 79.9. The van der Waals surface area contributed by atoms with Gasteiger partial charge in [-0.05, 0) is 43.7 Å². The van der Waals surface area contributed by atoms with Crippen LogP contribution in [0.2, 0.25) is 5.02 Å². The first-order chi connectivity index (χ1) is 11.4. The van der Waals surface area contributed by atoms with Crippen LogP contribution < -0.4 is 10.6 Å². The zero-order valence-electron chi connectivity index (χ0n) is 13.4. The van der Waals surface area contributed by atoms with E-state index in [1.165, 1.54) is 0 Å². The first-order valence-electron chi connectivity index (χ1n) is 7.58. The Morgan fingerprint density at radius 2 is 1.83 bits per heavy atom. The SMILES string of the molecule is CC[C@@H](C)NC(=O)c1ccccc1NC(=O)c1cc(Br)ccc1Cl. The fourth-order valence-corrected chi connectivity index (χ4v) is 2.62. The summed E-state index contributed by atoms with van der Waals surface area (Å²) in [6.07, 6.45) is 0.827. The van der Waals surface area contributed by atoms with E-state index in [0.29, 0.717) is 21.8 Å². The van der Waals surface area contributed by atoms with Gasteiger partial charge in [0.25, 0.3) is 11.8 Å². The summed E-state index contributed by atoms with van der Waals surface area (Å²) in [6.45, 7) is 3.92. The Hall–Kier alpha value is -1.85. The number of rotatable bonds is 5. The summed E-state index contributed by atoms with van der Waals surface area (Å²) in [5, 5.41) is 6.00. The van der Waals surface area contributed by atoms with Crippen LogP contribution in [0.3, 0.4) is 0 Å². The molecule has 6 heteroatoms. The topological polar surface area (TPSA) is 58.2 Å². The van der Waals surface area contributed by atoms with Crippen LogP contribution in [0.25, 0.3) is 0 Å². The van der Waals surface area contributed by atoms with E-state index >= 15 is 0 Å². The molecule has 0 fully saturated rings. The summed E-state index contributed by atoms with van der Waals surface area (Å²) < 4.78 is 0.750. The molecule has 0 saturated heterocycles. The van der Waals surface area contributed by atoms with Gasteiger partial charge in [0.15, 0.2) is 0 Å². The van der Waals surface area contributed by atoms with Gasteiger partial charge in [-0.2, -0.15) is 0 Å². The van der Waals surface area contributed by atoms with Crippen LogP contribution >= 0.6 is 27.5 Å². The molecular formula is C18H18BrClN2O2. The van der Waals surface area contributed by atoms with Gasteiger partial charge >= 0.3 is 0 Å². The third kappa shape index (κ3) is 4.58. The zero-order valence-corrected chi connectivity index (χ0v) is 15.7. The molecule has 0 aliphatic rings.